The van der Waals surface area contributed by atoms with Crippen molar-refractivity contribution < 1.29 is 8.42 Å². The molecule has 5 heteroatoms. The zero-order chi connectivity index (χ0) is 10.6. The highest BCUT2D eigenvalue weighted by molar-refractivity contribution is 7.90. The molecule has 0 saturated carbocycles. The van der Waals surface area contributed by atoms with Crippen molar-refractivity contribution in [3.8, 4) is 0 Å². The van der Waals surface area contributed by atoms with E-state index in [1.807, 2.05) is 6.92 Å². The van der Waals surface area contributed by atoms with E-state index in [0.29, 0.717) is 0 Å². The molecule has 1 aromatic heterocycles. The maximum absolute atomic E-state index is 11.0. The Morgan fingerprint density at radius 1 is 1.43 bits per heavy atom. The van der Waals surface area contributed by atoms with Gasteiger partial charge in [0.15, 0.2) is 0 Å². The molecule has 0 spiro atoms. The summed E-state index contributed by atoms with van der Waals surface area (Å²) in [5.74, 6) is 0.134. The molecule has 1 unspecified atom stereocenters. The van der Waals surface area contributed by atoms with Crippen molar-refractivity contribution in [2.45, 2.75) is 13.0 Å². The van der Waals surface area contributed by atoms with E-state index in [-0.39, 0.29) is 11.8 Å². The van der Waals surface area contributed by atoms with Crippen LogP contribution in [0.1, 0.15) is 6.92 Å². The highest BCUT2D eigenvalue weighted by Crippen LogP contribution is 2.06. The van der Waals surface area contributed by atoms with Gasteiger partial charge in [-0.3, -0.25) is 4.98 Å². The number of anilines is 1. The molecule has 0 bridgehead atoms. The van der Waals surface area contributed by atoms with Crippen molar-refractivity contribution in [2.75, 3.05) is 17.3 Å². The van der Waals surface area contributed by atoms with Crippen LogP contribution in [0.15, 0.2) is 24.5 Å². The minimum absolute atomic E-state index is 0.0904. The number of rotatable bonds is 4. The standard InChI is InChI=1S/C9H14N2O2S/c1-8(7-14(2,12)13)11-9-3-5-10-6-4-9/h3-6,8H,7H2,1-2H3,(H,10,11). The molecule has 0 aromatic carbocycles. The van der Waals surface area contributed by atoms with E-state index in [4.69, 9.17) is 0 Å². The summed E-state index contributed by atoms with van der Waals surface area (Å²) in [6, 6.07) is 3.52. The summed E-state index contributed by atoms with van der Waals surface area (Å²) in [5, 5.41) is 3.08. The summed E-state index contributed by atoms with van der Waals surface area (Å²) in [6.07, 6.45) is 4.56. The summed E-state index contributed by atoms with van der Waals surface area (Å²) in [6.45, 7) is 1.83. The molecule has 78 valence electrons. The Kier molecular flexibility index (Phi) is 3.46. The Morgan fingerprint density at radius 3 is 2.50 bits per heavy atom. The van der Waals surface area contributed by atoms with Crippen molar-refractivity contribution in [1.29, 1.82) is 0 Å². The molecule has 1 aromatic rings. The predicted molar refractivity (Wildman–Crippen MR) is 57.0 cm³/mol. The molecular weight excluding hydrogens is 200 g/mol. The van der Waals surface area contributed by atoms with Gasteiger partial charge in [-0.1, -0.05) is 0 Å². The molecule has 0 aliphatic carbocycles. The Hall–Kier alpha value is -1.10. The van der Waals surface area contributed by atoms with E-state index in [1.165, 1.54) is 6.26 Å². The summed E-state index contributed by atoms with van der Waals surface area (Å²) in [4.78, 5) is 3.87. The molecule has 0 amide bonds. The lowest BCUT2D eigenvalue weighted by atomic mass is 10.3. The van der Waals surface area contributed by atoms with Crippen molar-refractivity contribution in [3.05, 3.63) is 24.5 Å². The largest absolute Gasteiger partial charge is 0.381 e. The first-order valence-corrected chi connectivity index (χ1v) is 6.38. The summed E-state index contributed by atoms with van der Waals surface area (Å²) < 4.78 is 22.0. The monoisotopic (exact) mass is 214 g/mol. The second-order valence-electron chi connectivity index (χ2n) is 3.37. The van der Waals surface area contributed by atoms with Gasteiger partial charge in [-0.2, -0.15) is 0 Å². The fraction of sp³-hybridized carbons (Fsp3) is 0.444. The first-order valence-electron chi connectivity index (χ1n) is 4.31. The smallest absolute Gasteiger partial charge is 0.149 e. The van der Waals surface area contributed by atoms with Gasteiger partial charge in [-0.25, -0.2) is 8.42 Å². The van der Waals surface area contributed by atoms with Crippen LogP contribution in [0.25, 0.3) is 0 Å². The summed E-state index contributed by atoms with van der Waals surface area (Å²) in [7, 11) is -2.92. The van der Waals surface area contributed by atoms with E-state index in [0.717, 1.165) is 5.69 Å². The molecule has 0 radical (unpaired) electrons. The lowest BCUT2D eigenvalue weighted by molar-refractivity contribution is 0.598. The van der Waals surface area contributed by atoms with Gasteiger partial charge >= 0.3 is 0 Å². The van der Waals surface area contributed by atoms with Gasteiger partial charge in [0.2, 0.25) is 0 Å². The Bertz CT molecular complexity index is 375. The summed E-state index contributed by atoms with van der Waals surface area (Å²) in [5.41, 5.74) is 0.885. The van der Waals surface area contributed by atoms with Crippen LogP contribution in [-0.2, 0) is 9.84 Å². The van der Waals surface area contributed by atoms with Gasteiger partial charge in [-0.05, 0) is 19.1 Å². The Morgan fingerprint density at radius 2 is 2.00 bits per heavy atom. The second-order valence-corrected chi connectivity index (χ2v) is 5.56. The second kappa shape index (κ2) is 4.41. The highest BCUT2D eigenvalue weighted by Gasteiger charge is 2.09. The zero-order valence-corrected chi connectivity index (χ0v) is 9.08. The SMILES string of the molecule is CC(CS(C)(=O)=O)Nc1ccncc1. The number of aromatic nitrogens is 1. The summed E-state index contributed by atoms with van der Waals surface area (Å²) >= 11 is 0. The predicted octanol–water partition coefficient (Wildman–Crippen LogP) is 0.927. The van der Waals surface area contributed by atoms with Gasteiger partial charge < -0.3 is 5.32 Å². The molecule has 1 N–H and O–H groups in total. The fourth-order valence-electron chi connectivity index (χ4n) is 1.23. The van der Waals surface area contributed by atoms with Crippen molar-refractivity contribution in [3.63, 3.8) is 0 Å². The minimum Gasteiger partial charge on any atom is -0.381 e. The number of pyridine rings is 1. The molecule has 14 heavy (non-hydrogen) atoms. The van der Waals surface area contributed by atoms with E-state index < -0.39 is 9.84 Å². The molecule has 4 nitrogen and oxygen atoms in total. The number of hydrogen-bond donors (Lipinski definition) is 1. The van der Waals surface area contributed by atoms with Crippen molar-refractivity contribution in [1.82, 2.24) is 4.98 Å². The van der Waals surface area contributed by atoms with Gasteiger partial charge in [0.05, 0.1) is 5.75 Å². The third-order valence-electron chi connectivity index (χ3n) is 1.65. The lowest BCUT2D eigenvalue weighted by Gasteiger charge is -2.13. The van der Waals surface area contributed by atoms with E-state index in [9.17, 15) is 8.42 Å². The number of nitrogens with zero attached hydrogens (tertiary/aromatic N) is 1. The highest BCUT2D eigenvalue weighted by atomic mass is 32.2. The topological polar surface area (TPSA) is 59.1 Å². The fourth-order valence-corrected chi connectivity index (χ4v) is 2.22. The molecule has 1 rings (SSSR count). The molecule has 0 aliphatic rings. The quantitative estimate of drug-likeness (QED) is 0.810. The van der Waals surface area contributed by atoms with Crippen LogP contribution < -0.4 is 5.32 Å². The van der Waals surface area contributed by atoms with Crippen molar-refractivity contribution >= 4 is 15.5 Å². The Labute approximate surface area is 84.3 Å². The zero-order valence-electron chi connectivity index (χ0n) is 8.27. The minimum atomic E-state index is -2.92. The first kappa shape index (κ1) is 11.0. The van der Waals surface area contributed by atoms with Gasteiger partial charge in [-0.15, -0.1) is 0 Å². The molecular formula is C9H14N2O2S. The molecule has 0 saturated heterocycles. The van der Waals surface area contributed by atoms with Crippen LogP contribution in [0.5, 0.6) is 0 Å². The van der Waals surface area contributed by atoms with E-state index >= 15 is 0 Å². The number of hydrogen-bond acceptors (Lipinski definition) is 4. The first-order chi connectivity index (χ1) is 6.47. The average molecular weight is 214 g/mol. The maximum Gasteiger partial charge on any atom is 0.149 e. The average Bonchev–Trinajstić information content (AvgIpc) is 2.02. The third kappa shape index (κ3) is 4.23. The van der Waals surface area contributed by atoms with Crippen LogP contribution in [0.3, 0.4) is 0 Å². The van der Waals surface area contributed by atoms with Gasteiger partial charge in [0.1, 0.15) is 9.84 Å². The third-order valence-corrected chi connectivity index (χ3v) is 2.75. The van der Waals surface area contributed by atoms with Crippen LogP contribution in [-0.4, -0.2) is 31.5 Å². The number of nitrogens with one attached hydrogen (secondary N) is 1. The molecule has 1 atom stereocenters. The lowest BCUT2D eigenvalue weighted by Crippen LogP contribution is -2.24. The Balaban J connectivity index is 2.54. The van der Waals surface area contributed by atoms with Crippen LogP contribution in [0.2, 0.25) is 0 Å². The molecule has 0 fully saturated rings. The van der Waals surface area contributed by atoms with Crippen molar-refractivity contribution in [2.24, 2.45) is 0 Å². The van der Waals surface area contributed by atoms with Crippen LogP contribution >= 0.6 is 0 Å². The van der Waals surface area contributed by atoms with Crippen LogP contribution in [0, 0.1) is 0 Å². The maximum atomic E-state index is 11.0. The van der Waals surface area contributed by atoms with E-state index in [1.54, 1.807) is 24.5 Å². The number of sulfone groups is 1. The van der Waals surface area contributed by atoms with Crippen LogP contribution in [0.4, 0.5) is 5.69 Å². The van der Waals surface area contributed by atoms with Gasteiger partial charge in [0, 0.05) is 30.4 Å². The molecule has 0 aliphatic heterocycles. The van der Waals surface area contributed by atoms with E-state index in [2.05, 4.69) is 10.3 Å². The molecule has 1 heterocycles. The van der Waals surface area contributed by atoms with Gasteiger partial charge in [0.25, 0.3) is 0 Å². The normalized spacial score (nSPS) is 13.6.